The Morgan fingerprint density at radius 3 is 3.10 bits per heavy atom. The lowest BCUT2D eigenvalue weighted by molar-refractivity contribution is -0.142. The van der Waals surface area contributed by atoms with Crippen LogP contribution in [0.4, 0.5) is 0 Å². The van der Waals surface area contributed by atoms with Gasteiger partial charge >= 0.3 is 5.97 Å². The van der Waals surface area contributed by atoms with Gasteiger partial charge in [-0.1, -0.05) is 11.6 Å². The summed E-state index contributed by atoms with van der Waals surface area (Å²) in [6, 6.07) is 4.92. The van der Waals surface area contributed by atoms with Crippen LogP contribution in [-0.4, -0.2) is 53.2 Å². The van der Waals surface area contributed by atoms with Crippen molar-refractivity contribution < 1.29 is 14.6 Å². The van der Waals surface area contributed by atoms with Crippen LogP contribution in [0.1, 0.15) is 0 Å². The highest BCUT2D eigenvalue weighted by Gasteiger charge is 2.28. The number of rotatable bonds is 5. The number of carboxylic acid groups (broad SMARTS) is 1. The first kappa shape index (κ1) is 15.9. The fourth-order valence-corrected chi connectivity index (χ4v) is 3.90. The van der Waals surface area contributed by atoms with Crippen molar-refractivity contribution in [3.63, 3.8) is 0 Å². The molecule has 110 valence electrons. The molecule has 1 aliphatic heterocycles. The summed E-state index contributed by atoms with van der Waals surface area (Å²) in [5.74, 6) is 1.56. The second-order valence-electron chi connectivity index (χ2n) is 4.39. The number of aliphatic carboxylic acids is 1. The molecule has 1 aromatic carbocycles. The molecule has 0 spiro atoms. The Morgan fingerprint density at radius 1 is 1.60 bits per heavy atom. The Hall–Kier alpha value is -0.430. The van der Waals surface area contributed by atoms with Gasteiger partial charge in [0.2, 0.25) is 0 Å². The van der Waals surface area contributed by atoms with Gasteiger partial charge in [-0.05, 0) is 34.1 Å². The van der Waals surface area contributed by atoms with Crippen molar-refractivity contribution in [3.05, 3.63) is 27.7 Å². The molecule has 0 aliphatic carbocycles. The maximum atomic E-state index is 11.2. The number of halogens is 2. The van der Waals surface area contributed by atoms with E-state index in [-0.39, 0.29) is 0 Å². The molecule has 1 atom stereocenters. The fourth-order valence-electron chi connectivity index (χ4n) is 2.00. The number of hydrogen-bond donors (Lipinski definition) is 1. The normalized spacial score (nSPS) is 19.8. The van der Waals surface area contributed by atoms with Crippen molar-refractivity contribution in [1.29, 1.82) is 0 Å². The second kappa shape index (κ2) is 7.54. The number of nitrogens with zero attached hydrogens (tertiary/aromatic N) is 1. The van der Waals surface area contributed by atoms with Gasteiger partial charge in [-0.25, -0.2) is 0 Å². The highest BCUT2D eigenvalue weighted by molar-refractivity contribution is 9.10. The fraction of sp³-hybridized carbons (Fsp3) is 0.462. The molecule has 4 nitrogen and oxygen atoms in total. The lowest BCUT2D eigenvalue weighted by Crippen LogP contribution is -2.48. The zero-order chi connectivity index (χ0) is 14.5. The first-order valence-corrected chi connectivity index (χ1v) is 8.53. The van der Waals surface area contributed by atoms with Gasteiger partial charge in [-0.3, -0.25) is 9.69 Å². The van der Waals surface area contributed by atoms with E-state index in [1.165, 1.54) is 0 Å². The topological polar surface area (TPSA) is 49.8 Å². The van der Waals surface area contributed by atoms with E-state index in [2.05, 4.69) is 15.9 Å². The summed E-state index contributed by atoms with van der Waals surface area (Å²) in [4.78, 5) is 13.1. The summed E-state index contributed by atoms with van der Waals surface area (Å²) in [7, 11) is 0. The molecule has 0 aromatic heterocycles. The zero-order valence-corrected chi connectivity index (χ0v) is 13.9. The number of benzene rings is 1. The van der Waals surface area contributed by atoms with E-state index >= 15 is 0 Å². The molecule has 0 amide bonds. The highest BCUT2D eigenvalue weighted by atomic mass is 79.9. The third-order valence-corrected chi connectivity index (χ3v) is 4.93. The summed E-state index contributed by atoms with van der Waals surface area (Å²) in [6.45, 7) is 1.84. The van der Waals surface area contributed by atoms with Crippen molar-refractivity contribution in [2.75, 3.05) is 31.2 Å². The molecule has 1 aromatic rings. The summed E-state index contributed by atoms with van der Waals surface area (Å²) in [6.07, 6.45) is 0. The quantitative estimate of drug-likeness (QED) is 0.851. The molecule has 1 unspecified atom stereocenters. The Balaban J connectivity index is 1.86. The van der Waals surface area contributed by atoms with Crippen LogP contribution in [0.5, 0.6) is 5.75 Å². The van der Waals surface area contributed by atoms with Crippen LogP contribution in [0, 0.1) is 0 Å². The van der Waals surface area contributed by atoms with Crippen LogP contribution in [0.2, 0.25) is 5.02 Å². The van der Waals surface area contributed by atoms with Gasteiger partial charge in [0.15, 0.2) is 0 Å². The molecule has 1 fully saturated rings. The van der Waals surface area contributed by atoms with E-state index in [0.717, 1.165) is 16.8 Å². The maximum Gasteiger partial charge on any atom is 0.321 e. The summed E-state index contributed by atoms with van der Waals surface area (Å²) in [5.41, 5.74) is 0. The molecule has 7 heteroatoms. The van der Waals surface area contributed by atoms with Crippen molar-refractivity contribution in [3.8, 4) is 5.75 Å². The van der Waals surface area contributed by atoms with Gasteiger partial charge in [-0.15, -0.1) is 0 Å². The number of carbonyl (C=O) groups is 1. The molecule has 1 heterocycles. The molecular weight excluding hydrogens is 366 g/mol. The van der Waals surface area contributed by atoms with Crippen LogP contribution in [-0.2, 0) is 4.79 Å². The monoisotopic (exact) mass is 379 g/mol. The van der Waals surface area contributed by atoms with Gasteiger partial charge in [-0.2, -0.15) is 11.8 Å². The molecule has 2 rings (SSSR count). The molecule has 0 saturated carbocycles. The van der Waals surface area contributed by atoms with Crippen molar-refractivity contribution in [2.45, 2.75) is 6.04 Å². The molecule has 0 radical (unpaired) electrons. The highest BCUT2D eigenvalue weighted by Crippen LogP contribution is 2.28. The third kappa shape index (κ3) is 4.28. The van der Waals surface area contributed by atoms with Crippen LogP contribution in [0.3, 0.4) is 0 Å². The Labute approximate surface area is 135 Å². The van der Waals surface area contributed by atoms with E-state index in [1.54, 1.807) is 30.0 Å². The van der Waals surface area contributed by atoms with Gasteiger partial charge in [0.1, 0.15) is 18.4 Å². The van der Waals surface area contributed by atoms with Crippen molar-refractivity contribution >= 4 is 45.3 Å². The van der Waals surface area contributed by atoms with E-state index in [9.17, 15) is 9.90 Å². The van der Waals surface area contributed by atoms with E-state index in [1.807, 2.05) is 4.90 Å². The van der Waals surface area contributed by atoms with Crippen molar-refractivity contribution in [2.24, 2.45) is 0 Å². The molecule has 1 saturated heterocycles. The predicted molar refractivity (Wildman–Crippen MR) is 85.0 cm³/mol. The molecule has 0 bridgehead atoms. The summed E-state index contributed by atoms with van der Waals surface area (Å²) in [5, 5.41) is 9.82. The molecule has 1 N–H and O–H groups in total. The van der Waals surface area contributed by atoms with Gasteiger partial charge in [0.25, 0.3) is 0 Å². The van der Waals surface area contributed by atoms with Gasteiger partial charge in [0.05, 0.1) is 4.47 Å². The first-order valence-electron chi connectivity index (χ1n) is 6.20. The summed E-state index contributed by atoms with van der Waals surface area (Å²) < 4.78 is 6.48. The minimum atomic E-state index is -0.759. The standard InChI is InChI=1S/C13H15BrClNO3S/c14-10-7-9(15)1-2-12(10)19-5-3-16-4-6-20-8-11(16)13(17)18/h1-2,7,11H,3-6,8H2,(H,17,18). The van der Waals surface area contributed by atoms with Crippen LogP contribution in [0.15, 0.2) is 22.7 Å². The van der Waals surface area contributed by atoms with Crippen LogP contribution >= 0.6 is 39.3 Å². The number of thioether (sulfide) groups is 1. The van der Waals surface area contributed by atoms with Crippen molar-refractivity contribution in [1.82, 2.24) is 4.90 Å². The number of hydrogen-bond acceptors (Lipinski definition) is 4. The van der Waals surface area contributed by atoms with Crippen LogP contribution < -0.4 is 4.74 Å². The number of carboxylic acids is 1. The average molecular weight is 381 g/mol. The maximum absolute atomic E-state index is 11.2. The molecule has 1 aliphatic rings. The van der Waals surface area contributed by atoms with Gasteiger partial charge in [0, 0.05) is 29.6 Å². The van der Waals surface area contributed by atoms with E-state index in [0.29, 0.717) is 29.7 Å². The number of ether oxygens (including phenoxy) is 1. The predicted octanol–water partition coefficient (Wildman–Crippen LogP) is 2.98. The second-order valence-corrected chi connectivity index (χ2v) is 6.83. The Morgan fingerprint density at radius 2 is 2.40 bits per heavy atom. The SMILES string of the molecule is O=C(O)C1CSCCN1CCOc1ccc(Cl)cc1Br. The van der Waals surface area contributed by atoms with Gasteiger partial charge < -0.3 is 9.84 Å². The molecule has 20 heavy (non-hydrogen) atoms. The summed E-state index contributed by atoms with van der Waals surface area (Å²) >= 11 is 10.9. The average Bonchev–Trinajstić information content (AvgIpc) is 2.41. The smallest absolute Gasteiger partial charge is 0.321 e. The first-order chi connectivity index (χ1) is 9.58. The Kier molecular flexibility index (Phi) is 6.01. The largest absolute Gasteiger partial charge is 0.491 e. The lowest BCUT2D eigenvalue weighted by Gasteiger charge is -2.32. The zero-order valence-electron chi connectivity index (χ0n) is 10.7. The van der Waals surface area contributed by atoms with E-state index in [4.69, 9.17) is 16.3 Å². The van der Waals surface area contributed by atoms with E-state index < -0.39 is 12.0 Å². The Bertz CT molecular complexity index is 489. The third-order valence-electron chi connectivity index (χ3n) is 3.05. The molecular formula is C13H15BrClNO3S. The van der Waals surface area contributed by atoms with Crippen LogP contribution in [0.25, 0.3) is 0 Å². The lowest BCUT2D eigenvalue weighted by atomic mass is 10.2. The minimum absolute atomic E-state index is 0.411. The minimum Gasteiger partial charge on any atom is -0.491 e.